The van der Waals surface area contributed by atoms with Crippen LogP contribution in [0.25, 0.3) is 33.7 Å². The normalized spacial score (nSPS) is 26.0. The summed E-state index contributed by atoms with van der Waals surface area (Å²) in [5.41, 5.74) is -2.48. The van der Waals surface area contributed by atoms with Crippen LogP contribution in [0, 0.1) is 44.4 Å². The van der Waals surface area contributed by atoms with Crippen LogP contribution in [0.5, 0.6) is 0 Å². The molecule has 486 valence electrons. The van der Waals surface area contributed by atoms with E-state index in [1.54, 1.807) is 62.3 Å². The van der Waals surface area contributed by atoms with Crippen molar-refractivity contribution in [2.24, 2.45) is 23.7 Å². The van der Waals surface area contributed by atoms with Crippen LogP contribution in [0.2, 0.25) is 0 Å². The standard InChI is InChI=1S/C61H80N12O17/c1-24(2)40-58(83)72-19-15-17-34(72)53(78)62-22-37(75)65-42(26(5)6)60(85)87-30(11)43(56(81)67-40)69-52(77)33-21-36(74)28(9)49-45(33)66-47-39(46-50(89-32(13)64-46)29(10)51(47)90-49)55(80)70-44-31(12)88-61(86)48(27(7)8)71(14)38(76)23-63-54(79)35-18-16-20-73(35)59(84)41(25(3)4)68-57(44)82/h21,24-27,30-31,34-35,40-44,48H,15-20,22-23H2,1-14H3,(H,62,78)(H,63,79)(H,65,75)(H,67,81)(H,68,82)(H,69,77)(H,70,80)/t30-,31+,34-,35+,40-,41+,42+,43+,44-,48-/m1/s1. The number of hydrogen-bond donors (Lipinski definition) is 7. The molecule has 4 fully saturated rings. The minimum atomic E-state index is -1.86. The van der Waals surface area contributed by atoms with Crippen LogP contribution in [0.3, 0.4) is 0 Å². The molecule has 1 aliphatic carbocycles. The van der Waals surface area contributed by atoms with Gasteiger partial charge in [-0.15, -0.1) is 0 Å². The van der Waals surface area contributed by atoms with Crippen molar-refractivity contribution in [2.45, 2.75) is 176 Å². The maximum Gasteiger partial charge on any atom is 0.329 e. The summed E-state index contributed by atoms with van der Waals surface area (Å²) in [6, 6.07) is -9.97. The highest BCUT2D eigenvalue weighted by atomic mass is 16.6. The van der Waals surface area contributed by atoms with Crippen molar-refractivity contribution in [3.8, 4) is 11.5 Å². The number of aryl methyl sites for hydroxylation is 2. The van der Waals surface area contributed by atoms with Gasteiger partial charge in [0.25, 0.3) is 11.8 Å². The molecule has 6 heterocycles. The van der Waals surface area contributed by atoms with Crippen LogP contribution in [0.1, 0.15) is 133 Å². The highest BCUT2D eigenvalue weighted by Crippen LogP contribution is 2.38. The fourth-order valence-corrected chi connectivity index (χ4v) is 11.9. The summed E-state index contributed by atoms with van der Waals surface area (Å²) < 4.78 is 24.3. The number of nitrogens with one attached hydrogen (secondary N) is 7. The maximum absolute atomic E-state index is 15.5. The lowest BCUT2D eigenvalue weighted by Crippen LogP contribution is -2.61. The zero-order valence-electron chi connectivity index (χ0n) is 53.0. The Hall–Kier alpha value is -9.05. The van der Waals surface area contributed by atoms with Crippen molar-refractivity contribution < 1.29 is 75.8 Å². The van der Waals surface area contributed by atoms with Crippen LogP contribution in [-0.2, 0) is 57.4 Å². The fourth-order valence-electron chi connectivity index (χ4n) is 11.9. The van der Waals surface area contributed by atoms with Crippen LogP contribution >= 0.6 is 0 Å². The van der Waals surface area contributed by atoms with Crippen molar-refractivity contribution in [2.75, 3.05) is 33.2 Å². The molecule has 5 aliphatic heterocycles. The topological polar surface area (TPSA) is 386 Å². The second kappa shape index (κ2) is 27.0. The molecule has 1 aromatic heterocycles. The van der Waals surface area contributed by atoms with E-state index in [1.807, 2.05) is 0 Å². The first-order chi connectivity index (χ1) is 42.3. The van der Waals surface area contributed by atoms with E-state index >= 15 is 9.59 Å². The molecule has 10 atom stereocenters. The van der Waals surface area contributed by atoms with Gasteiger partial charge in [-0.1, -0.05) is 55.4 Å². The summed E-state index contributed by atoms with van der Waals surface area (Å²) in [7, 11) is 1.35. The average Bonchev–Trinajstić information content (AvgIpc) is 1.21. The second-order valence-electron chi connectivity index (χ2n) is 25.0. The van der Waals surface area contributed by atoms with E-state index in [0.717, 1.165) is 11.0 Å². The molecule has 10 amide bonds. The number of ether oxygens (including phenoxy) is 2. The quantitative estimate of drug-likeness (QED) is 0.0936. The Balaban J connectivity index is 1.24. The van der Waals surface area contributed by atoms with Gasteiger partial charge in [0, 0.05) is 44.3 Å². The van der Waals surface area contributed by atoms with Gasteiger partial charge in [-0.3, -0.25) is 52.7 Å². The molecular formula is C61H80N12O17. The van der Waals surface area contributed by atoms with E-state index in [2.05, 4.69) is 42.2 Å². The van der Waals surface area contributed by atoms with Gasteiger partial charge in [-0.25, -0.2) is 19.6 Å². The number of carbonyl (C=O) groups is 12. The first-order valence-electron chi connectivity index (χ1n) is 30.4. The molecule has 0 spiro atoms. The number of benzene rings is 2. The number of carbonyl (C=O) groups excluding carboxylic acids is 12. The van der Waals surface area contributed by atoms with E-state index in [4.69, 9.17) is 23.3 Å². The Bertz CT molecular complexity index is 3610. The molecule has 4 saturated heterocycles. The van der Waals surface area contributed by atoms with E-state index in [0.29, 0.717) is 12.8 Å². The summed E-state index contributed by atoms with van der Waals surface area (Å²) in [6.07, 6.45) is -1.74. The first-order valence-corrected chi connectivity index (χ1v) is 30.4. The Morgan fingerprint density at radius 2 is 1.08 bits per heavy atom. The van der Waals surface area contributed by atoms with Gasteiger partial charge in [0.15, 0.2) is 28.2 Å². The predicted molar refractivity (Wildman–Crippen MR) is 319 cm³/mol. The van der Waals surface area contributed by atoms with Gasteiger partial charge < -0.3 is 70.2 Å². The Morgan fingerprint density at radius 1 is 0.589 bits per heavy atom. The number of oxazole rings is 1. The molecule has 7 N–H and O–H groups in total. The molecule has 29 heteroatoms. The molecule has 0 radical (unpaired) electrons. The van der Waals surface area contributed by atoms with Gasteiger partial charge >= 0.3 is 11.9 Å². The van der Waals surface area contributed by atoms with Crippen LogP contribution in [-0.4, -0.2) is 189 Å². The average molecular weight is 1250 g/mol. The summed E-state index contributed by atoms with van der Waals surface area (Å²) in [5.74, 6) is -12.8. The third-order valence-corrected chi connectivity index (χ3v) is 17.0. The number of likely N-dealkylation sites (N-methyl/N-ethyl adjacent to an activating group) is 1. The Morgan fingerprint density at radius 3 is 1.60 bits per heavy atom. The van der Waals surface area contributed by atoms with E-state index in [1.165, 1.54) is 44.5 Å². The van der Waals surface area contributed by atoms with E-state index < -0.39 is 185 Å². The molecule has 6 aliphatic rings. The largest absolute Gasteiger partial charge is 0.458 e. The lowest BCUT2D eigenvalue weighted by Gasteiger charge is -2.34. The number of aromatic nitrogens is 2. The van der Waals surface area contributed by atoms with Crippen molar-refractivity contribution in [1.82, 2.24) is 61.9 Å². The van der Waals surface area contributed by atoms with Crippen LogP contribution < -0.4 is 42.6 Å². The zero-order chi connectivity index (χ0) is 66.2. The van der Waals surface area contributed by atoms with Gasteiger partial charge in [-0.05, 0) is 77.0 Å². The molecule has 29 nitrogen and oxygen atoms in total. The molecule has 8 rings (SSSR count). The lowest BCUT2D eigenvalue weighted by molar-refractivity contribution is -0.162. The minimum absolute atomic E-state index is 0.00328. The summed E-state index contributed by atoms with van der Waals surface area (Å²) >= 11 is 0. The van der Waals surface area contributed by atoms with Crippen molar-refractivity contribution in [3.63, 3.8) is 0 Å². The molecule has 1 aromatic carbocycles. The van der Waals surface area contributed by atoms with Crippen molar-refractivity contribution in [3.05, 3.63) is 44.4 Å². The molecular weight excluding hydrogens is 1170 g/mol. The SMILES string of the molecule is Cc1nc2c(C(=O)N[C@H]3C(=O)N[C@@H](C(C)C)C(=O)N4CCC[C@H]4C(=O)NCC(=O)N(C)[C@H](C(C)C)C(=O)O[C@H]3C)c3nc4c(C(=O)N[C@@H]5C(=O)N[C@H](C(C)C)C(=O)N6CCC[C@@H]6C(=O)NCC(=O)N[C@@H](C(C)C)C(=O)O[C@@H]5C)cc(=O)c(C)c-4oc3c(C)c2o1. The maximum atomic E-state index is 15.5. The lowest BCUT2D eigenvalue weighted by atomic mass is 9.99. The number of hydrogen-bond acceptors (Lipinski definition) is 19. The minimum Gasteiger partial charge on any atom is -0.458 e. The zero-order valence-corrected chi connectivity index (χ0v) is 53.0. The predicted octanol–water partition coefficient (Wildman–Crippen LogP) is 0.566. The number of rotatable bonds is 8. The summed E-state index contributed by atoms with van der Waals surface area (Å²) in [4.78, 5) is 199. The molecule has 0 saturated carbocycles. The van der Waals surface area contributed by atoms with Crippen molar-refractivity contribution in [1.29, 1.82) is 0 Å². The first kappa shape index (κ1) is 66.9. The second-order valence-corrected chi connectivity index (χ2v) is 25.0. The van der Waals surface area contributed by atoms with Crippen molar-refractivity contribution >= 4 is 93.2 Å². The number of cyclic esters (lactones) is 2. The highest BCUT2D eigenvalue weighted by molar-refractivity contribution is 6.17. The molecule has 2 aromatic rings. The molecule has 90 heavy (non-hydrogen) atoms. The Labute approximate surface area is 518 Å². The van der Waals surface area contributed by atoms with E-state index in [-0.39, 0.29) is 76.6 Å². The number of esters is 2. The monoisotopic (exact) mass is 1250 g/mol. The number of fused-ring (bicyclic) bond motifs is 5. The van der Waals surface area contributed by atoms with Crippen LogP contribution in [0.4, 0.5) is 0 Å². The van der Waals surface area contributed by atoms with Gasteiger partial charge in [-0.2, -0.15) is 0 Å². The number of amides is 10. The highest BCUT2D eigenvalue weighted by Gasteiger charge is 2.45. The summed E-state index contributed by atoms with van der Waals surface area (Å²) in [6.45, 7) is 19.5. The summed E-state index contributed by atoms with van der Waals surface area (Å²) in [5, 5.41) is 18.4. The van der Waals surface area contributed by atoms with Gasteiger partial charge in [0.2, 0.25) is 47.3 Å². The smallest absolute Gasteiger partial charge is 0.329 e. The molecule has 0 unspecified atom stereocenters. The Kier molecular flexibility index (Phi) is 20.0. The van der Waals surface area contributed by atoms with E-state index in [9.17, 15) is 52.7 Å². The third-order valence-electron chi connectivity index (χ3n) is 17.0. The molecule has 0 bridgehead atoms. The third kappa shape index (κ3) is 13.4. The number of nitrogens with zero attached hydrogens (tertiary/aromatic N) is 5. The van der Waals surface area contributed by atoms with Gasteiger partial charge in [0.1, 0.15) is 77.3 Å². The fraction of sp³-hybridized carbons (Fsp3) is 0.590. The van der Waals surface area contributed by atoms with Gasteiger partial charge in [0.05, 0.1) is 24.2 Å². The van der Waals surface area contributed by atoms with Crippen LogP contribution in [0.15, 0.2) is 19.7 Å².